The quantitative estimate of drug-likeness (QED) is 0.0362. The molecule has 0 aromatic heterocycles. The number of fused-ring (bicyclic) bond motifs is 1. The Balaban J connectivity index is 1.15. The van der Waals surface area contributed by atoms with Crippen molar-refractivity contribution in [2.24, 2.45) is 26.7 Å². The number of aromatic hydroxyl groups is 5. The fourth-order valence-electron chi connectivity index (χ4n) is 10.2. The van der Waals surface area contributed by atoms with Crippen LogP contribution in [-0.2, 0) is 25.8 Å². The van der Waals surface area contributed by atoms with E-state index in [0.29, 0.717) is 48.1 Å². The van der Waals surface area contributed by atoms with Gasteiger partial charge in [-0.25, -0.2) is 0 Å². The van der Waals surface area contributed by atoms with Crippen molar-refractivity contribution in [2.75, 3.05) is 19.8 Å². The van der Waals surface area contributed by atoms with Crippen molar-refractivity contribution in [3.8, 4) is 28.7 Å². The number of benzene rings is 4. The van der Waals surface area contributed by atoms with Gasteiger partial charge in [-0.2, -0.15) is 0 Å². The molecule has 56 heavy (non-hydrogen) atoms. The average molecular weight is 760 g/mol. The molecular weight excluding hydrogens is 703 g/mol. The first-order valence-electron chi connectivity index (χ1n) is 20.5. The number of nitrogens with one attached hydrogen (secondary N) is 1. The number of nitrogens with zero attached hydrogens (tertiary/aromatic N) is 2. The van der Waals surface area contributed by atoms with E-state index < -0.39 is 0 Å². The van der Waals surface area contributed by atoms with Crippen molar-refractivity contribution in [1.82, 2.24) is 5.32 Å². The highest BCUT2D eigenvalue weighted by Crippen LogP contribution is 2.59. The first kappa shape index (κ1) is 39.4. The molecule has 0 amide bonds. The van der Waals surface area contributed by atoms with Gasteiger partial charge < -0.3 is 36.0 Å². The molecular formula is C47H57N3O6. The zero-order valence-corrected chi connectivity index (χ0v) is 32.6. The third kappa shape index (κ3) is 7.76. The molecule has 2 aliphatic carbocycles. The summed E-state index contributed by atoms with van der Waals surface area (Å²) >= 11 is 0. The summed E-state index contributed by atoms with van der Waals surface area (Å²) in [5.74, 6) is -1.06. The van der Waals surface area contributed by atoms with E-state index in [9.17, 15) is 30.6 Å². The third-order valence-corrected chi connectivity index (χ3v) is 13.1. The topological polar surface area (TPSA) is 158 Å². The number of aliphatic imine (C=N–C) groups is 2. The Morgan fingerprint density at radius 2 is 1.61 bits per heavy atom. The molecule has 1 aliphatic heterocycles. The van der Waals surface area contributed by atoms with E-state index >= 15 is 0 Å². The van der Waals surface area contributed by atoms with Gasteiger partial charge in [0.1, 0.15) is 12.4 Å². The molecule has 0 saturated heterocycles. The van der Waals surface area contributed by atoms with Crippen molar-refractivity contribution in [3.63, 3.8) is 0 Å². The van der Waals surface area contributed by atoms with Crippen LogP contribution in [-0.4, -0.2) is 62.4 Å². The Bertz CT molecular complexity index is 2130. The second-order valence-corrected chi connectivity index (χ2v) is 16.3. The summed E-state index contributed by atoms with van der Waals surface area (Å²) in [5, 5.41) is 68.7. The van der Waals surface area contributed by atoms with Crippen LogP contribution in [0.25, 0.3) is 22.9 Å². The minimum absolute atomic E-state index is 0.136. The van der Waals surface area contributed by atoms with Gasteiger partial charge in [-0.15, -0.1) is 0 Å². The zero-order chi connectivity index (χ0) is 39.3. The second-order valence-electron chi connectivity index (χ2n) is 16.3. The van der Waals surface area contributed by atoms with Crippen LogP contribution in [0.1, 0.15) is 105 Å². The minimum Gasteiger partial charge on any atom is -0.507 e. The van der Waals surface area contributed by atoms with E-state index in [2.05, 4.69) is 35.4 Å². The summed E-state index contributed by atoms with van der Waals surface area (Å²) in [6, 6.07) is 16.2. The van der Waals surface area contributed by atoms with Gasteiger partial charge in [0.2, 0.25) is 0 Å². The number of phenols is 5. The molecule has 296 valence electrons. The first-order valence-corrected chi connectivity index (χ1v) is 20.5. The molecule has 4 aromatic carbocycles. The molecule has 2 fully saturated rings. The molecule has 0 radical (unpaired) electrons. The molecule has 0 unspecified atom stereocenters. The van der Waals surface area contributed by atoms with Crippen LogP contribution in [0.15, 0.2) is 64.6 Å². The summed E-state index contributed by atoms with van der Waals surface area (Å²) in [6.07, 6.45) is 19.1. The summed E-state index contributed by atoms with van der Waals surface area (Å²) in [6.45, 7) is 4.33. The van der Waals surface area contributed by atoms with Gasteiger partial charge in [-0.3, -0.25) is 9.98 Å². The smallest absolute Gasteiger partial charge is 0.169 e. The van der Waals surface area contributed by atoms with Crippen LogP contribution in [0.3, 0.4) is 0 Å². The molecule has 9 nitrogen and oxygen atoms in total. The van der Waals surface area contributed by atoms with E-state index in [1.807, 2.05) is 12.3 Å². The molecule has 7 rings (SSSR count). The van der Waals surface area contributed by atoms with Crippen LogP contribution >= 0.6 is 0 Å². The number of aliphatic hydroxyl groups is 1. The number of unbranched alkanes of at least 4 members (excludes halogenated alkanes) is 2. The Morgan fingerprint density at radius 3 is 2.36 bits per heavy atom. The summed E-state index contributed by atoms with van der Waals surface area (Å²) in [7, 11) is 0. The molecule has 7 N–H and O–H groups in total. The fourth-order valence-corrected chi connectivity index (χ4v) is 10.2. The fraction of sp³-hybridized carbons (Fsp3) is 0.447. The molecule has 2 saturated carbocycles. The molecule has 1 spiro atoms. The predicted octanol–water partition coefficient (Wildman–Crippen LogP) is 8.97. The third-order valence-electron chi connectivity index (χ3n) is 13.1. The number of phenolic OH excluding ortho intramolecular Hbond substituents is 5. The molecule has 3 aliphatic rings. The molecule has 0 bridgehead atoms. The number of aliphatic hydroxyl groups excluding tert-OH is 1. The molecule has 9 heteroatoms. The average Bonchev–Trinajstić information content (AvgIpc) is 3.91. The maximum atomic E-state index is 11.4. The van der Waals surface area contributed by atoms with Crippen molar-refractivity contribution >= 4 is 34.9 Å². The number of hydrogen-bond acceptors (Lipinski definition) is 9. The lowest BCUT2D eigenvalue weighted by Gasteiger charge is -2.53. The van der Waals surface area contributed by atoms with Crippen molar-refractivity contribution in [1.29, 1.82) is 0 Å². The van der Waals surface area contributed by atoms with Gasteiger partial charge >= 0.3 is 0 Å². The van der Waals surface area contributed by atoms with Crippen molar-refractivity contribution < 1.29 is 30.6 Å². The van der Waals surface area contributed by atoms with Crippen LogP contribution in [0.2, 0.25) is 0 Å². The van der Waals surface area contributed by atoms with E-state index in [1.54, 1.807) is 24.3 Å². The zero-order valence-electron chi connectivity index (χ0n) is 32.6. The first-order chi connectivity index (χ1) is 27.2. The normalized spacial score (nSPS) is 20.5. The van der Waals surface area contributed by atoms with Gasteiger partial charge in [0.25, 0.3) is 0 Å². The predicted molar refractivity (Wildman–Crippen MR) is 225 cm³/mol. The van der Waals surface area contributed by atoms with Crippen molar-refractivity contribution in [3.05, 3.63) is 88.0 Å². The van der Waals surface area contributed by atoms with Crippen LogP contribution < -0.4 is 5.32 Å². The Kier molecular flexibility index (Phi) is 12.0. The molecule has 2 atom stereocenters. The highest BCUT2D eigenvalue weighted by atomic mass is 16.3. The van der Waals surface area contributed by atoms with Crippen LogP contribution in [0.5, 0.6) is 28.7 Å². The SMILES string of the molecule is CCCCCc1cc(CCc2c(O)c(O)c3c(O)cccc3c2/C=C/c2ccc(O)c(O)c2)ccc1CNC[C@]1(C2=NCN=C2)CCCC2(CCCC2)[C@@H]1CO. The maximum absolute atomic E-state index is 11.4. The minimum atomic E-state index is -0.359. The van der Waals surface area contributed by atoms with Gasteiger partial charge in [-0.1, -0.05) is 87.6 Å². The monoisotopic (exact) mass is 759 g/mol. The van der Waals surface area contributed by atoms with E-state index in [4.69, 9.17) is 4.99 Å². The highest BCUT2D eigenvalue weighted by molar-refractivity contribution is 6.34. The van der Waals surface area contributed by atoms with E-state index in [0.717, 1.165) is 56.3 Å². The van der Waals surface area contributed by atoms with E-state index in [1.165, 1.54) is 61.4 Å². The van der Waals surface area contributed by atoms with Gasteiger partial charge in [0.15, 0.2) is 23.0 Å². The van der Waals surface area contributed by atoms with E-state index in [-0.39, 0.29) is 57.5 Å². The van der Waals surface area contributed by atoms with Crippen LogP contribution in [0.4, 0.5) is 0 Å². The Hall–Kier alpha value is -4.86. The van der Waals surface area contributed by atoms with Gasteiger partial charge in [0.05, 0.1) is 11.1 Å². The van der Waals surface area contributed by atoms with Crippen LogP contribution in [0, 0.1) is 16.7 Å². The largest absolute Gasteiger partial charge is 0.507 e. The standard InChI is InChI=1S/C47H57N3O6/c1-2-3-4-9-33-24-31(12-16-34(33)26-48-29-47(42-27-49-30-50-42)23-8-22-46(41(47)28-51)20-5-6-21-46)14-18-37-35(17-13-32-15-19-38(52)40(54)25-32)36-10-7-11-39(53)43(36)45(56)44(37)55/h7,10-13,15-17,19,24-25,27,41,48,51-56H,2-6,8-9,14,18,20-23,26,28-30H2,1H3/b17-13+/t41-,47+/m0/s1. The van der Waals surface area contributed by atoms with Gasteiger partial charge in [-0.05, 0) is 108 Å². The second kappa shape index (κ2) is 17.1. The molecule has 4 aromatic rings. The number of rotatable bonds is 15. The lowest BCUT2D eigenvalue weighted by Crippen LogP contribution is -2.56. The summed E-state index contributed by atoms with van der Waals surface area (Å²) in [4.78, 5) is 9.39. The Labute approximate surface area is 330 Å². The van der Waals surface area contributed by atoms with Gasteiger partial charge in [0, 0.05) is 42.8 Å². The van der Waals surface area contributed by atoms with Crippen molar-refractivity contribution in [2.45, 2.75) is 96.9 Å². The maximum Gasteiger partial charge on any atom is 0.169 e. The Morgan fingerprint density at radius 1 is 0.786 bits per heavy atom. The number of hydrogen-bond donors (Lipinski definition) is 7. The molecule has 1 heterocycles. The lowest BCUT2D eigenvalue weighted by molar-refractivity contribution is -0.0233. The lowest BCUT2D eigenvalue weighted by atomic mass is 9.52. The number of aryl methyl sites for hydroxylation is 2. The summed E-state index contributed by atoms with van der Waals surface area (Å²) < 4.78 is 0. The summed E-state index contributed by atoms with van der Waals surface area (Å²) in [5.41, 5.74) is 6.52. The highest BCUT2D eigenvalue weighted by Gasteiger charge is 2.56.